The van der Waals surface area contributed by atoms with Crippen molar-refractivity contribution >= 4 is 23.1 Å². The molecule has 7 heteroatoms. The average molecular weight is 292 g/mol. The van der Waals surface area contributed by atoms with Gasteiger partial charge in [-0.2, -0.15) is 0 Å². The Morgan fingerprint density at radius 2 is 2.20 bits per heavy atom. The van der Waals surface area contributed by atoms with Crippen LogP contribution in [-0.2, 0) is 11.3 Å². The predicted molar refractivity (Wildman–Crippen MR) is 76.9 cm³/mol. The molecule has 0 aliphatic carbocycles. The van der Waals surface area contributed by atoms with E-state index in [1.54, 1.807) is 25.2 Å². The van der Waals surface area contributed by atoms with Crippen molar-refractivity contribution in [1.82, 2.24) is 15.0 Å². The molecule has 0 radical (unpaired) electrons. The van der Waals surface area contributed by atoms with Gasteiger partial charge >= 0.3 is 5.97 Å². The highest BCUT2D eigenvalue weighted by molar-refractivity contribution is 7.09. The maximum atomic E-state index is 11.8. The number of hydrogen-bond donors (Lipinski definition) is 1. The van der Waals surface area contributed by atoms with Gasteiger partial charge in [-0.3, -0.25) is 0 Å². The number of nitrogens with one attached hydrogen (secondary N) is 1. The molecule has 0 fully saturated rings. The highest BCUT2D eigenvalue weighted by Gasteiger charge is 2.15. The molecular formula is C13H16N4O2S. The summed E-state index contributed by atoms with van der Waals surface area (Å²) in [5, 5.41) is 6.09. The molecular weight excluding hydrogens is 276 g/mol. The second kappa shape index (κ2) is 6.42. The van der Waals surface area contributed by atoms with Gasteiger partial charge in [-0.1, -0.05) is 0 Å². The molecule has 0 amide bonds. The van der Waals surface area contributed by atoms with Crippen LogP contribution in [0.15, 0.2) is 11.6 Å². The molecule has 2 aromatic rings. The summed E-state index contributed by atoms with van der Waals surface area (Å²) >= 11 is 1.59. The lowest BCUT2D eigenvalue weighted by Gasteiger charge is -2.09. The van der Waals surface area contributed by atoms with Crippen molar-refractivity contribution in [1.29, 1.82) is 0 Å². The van der Waals surface area contributed by atoms with Crippen LogP contribution in [0.3, 0.4) is 0 Å². The molecule has 0 saturated carbocycles. The molecule has 0 bridgehead atoms. The van der Waals surface area contributed by atoms with Crippen LogP contribution in [0.2, 0.25) is 0 Å². The number of carbonyl (C=O) groups excluding carboxylic acids is 1. The van der Waals surface area contributed by atoms with Crippen LogP contribution < -0.4 is 5.32 Å². The quantitative estimate of drug-likeness (QED) is 0.852. The van der Waals surface area contributed by atoms with E-state index in [1.807, 2.05) is 12.3 Å². The van der Waals surface area contributed by atoms with E-state index in [4.69, 9.17) is 4.74 Å². The highest BCUT2D eigenvalue weighted by Crippen LogP contribution is 2.15. The minimum atomic E-state index is -0.426. The Bertz CT molecular complexity index is 612. The third-order valence-corrected chi connectivity index (χ3v) is 3.33. The van der Waals surface area contributed by atoms with Crippen molar-refractivity contribution in [3.05, 3.63) is 33.7 Å². The summed E-state index contributed by atoms with van der Waals surface area (Å²) < 4.78 is 4.99. The third-order valence-electron chi connectivity index (χ3n) is 2.51. The van der Waals surface area contributed by atoms with Gasteiger partial charge in [0.05, 0.1) is 23.9 Å². The van der Waals surface area contributed by atoms with E-state index in [2.05, 4.69) is 20.3 Å². The van der Waals surface area contributed by atoms with Gasteiger partial charge in [-0.25, -0.2) is 19.7 Å². The number of thiazole rings is 1. The third kappa shape index (κ3) is 3.51. The molecule has 0 aliphatic heterocycles. The average Bonchev–Trinajstić information content (AvgIpc) is 2.82. The topological polar surface area (TPSA) is 77.0 Å². The largest absolute Gasteiger partial charge is 0.462 e. The molecule has 0 saturated heterocycles. The smallest absolute Gasteiger partial charge is 0.343 e. The van der Waals surface area contributed by atoms with E-state index < -0.39 is 5.97 Å². The highest BCUT2D eigenvalue weighted by atomic mass is 32.1. The summed E-state index contributed by atoms with van der Waals surface area (Å²) in [4.78, 5) is 24.5. The number of rotatable bonds is 5. The Hall–Kier alpha value is -2.02. The van der Waals surface area contributed by atoms with Crippen LogP contribution in [0.5, 0.6) is 0 Å². The zero-order valence-electron chi connectivity index (χ0n) is 11.6. The van der Waals surface area contributed by atoms with Crippen molar-refractivity contribution in [2.75, 3.05) is 11.9 Å². The zero-order valence-corrected chi connectivity index (χ0v) is 12.5. The van der Waals surface area contributed by atoms with E-state index in [9.17, 15) is 4.79 Å². The van der Waals surface area contributed by atoms with Gasteiger partial charge in [0.15, 0.2) is 0 Å². The van der Waals surface area contributed by atoms with Gasteiger partial charge in [-0.05, 0) is 20.8 Å². The SMILES string of the molecule is CCOC(=O)c1cnc(C)nc1NCc1csc(C)n1. The van der Waals surface area contributed by atoms with Gasteiger partial charge < -0.3 is 10.1 Å². The lowest BCUT2D eigenvalue weighted by molar-refractivity contribution is 0.0526. The molecule has 1 N–H and O–H groups in total. The first-order chi connectivity index (χ1) is 9.60. The monoisotopic (exact) mass is 292 g/mol. The van der Waals surface area contributed by atoms with Gasteiger partial charge in [0, 0.05) is 11.6 Å². The number of carbonyl (C=O) groups is 1. The molecule has 2 rings (SSSR count). The normalized spacial score (nSPS) is 10.3. The number of aryl methyl sites for hydroxylation is 2. The van der Waals surface area contributed by atoms with Crippen LogP contribution in [0.25, 0.3) is 0 Å². The number of esters is 1. The summed E-state index contributed by atoms with van der Waals surface area (Å²) in [5.74, 6) is 0.640. The molecule has 0 aromatic carbocycles. The van der Waals surface area contributed by atoms with Crippen LogP contribution in [-0.4, -0.2) is 27.5 Å². The molecule has 0 aliphatic rings. The first-order valence-corrected chi connectivity index (χ1v) is 7.13. The minimum absolute atomic E-state index is 0.317. The van der Waals surface area contributed by atoms with E-state index in [-0.39, 0.29) is 0 Å². The van der Waals surface area contributed by atoms with E-state index in [0.717, 1.165) is 10.7 Å². The molecule has 0 unspecified atom stereocenters. The number of anilines is 1. The Balaban J connectivity index is 2.16. The molecule has 0 atom stereocenters. The minimum Gasteiger partial charge on any atom is -0.462 e. The molecule has 2 heterocycles. The van der Waals surface area contributed by atoms with Crippen LogP contribution in [0.4, 0.5) is 5.82 Å². The fourth-order valence-corrected chi connectivity index (χ4v) is 2.24. The fraction of sp³-hybridized carbons (Fsp3) is 0.385. The Kier molecular flexibility index (Phi) is 4.62. The van der Waals surface area contributed by atoms with E-state index in [1.165, 1.54) is 6.20 Å². The summed E-state index contributed by atoms with van der Waals surface area (Å²) in [6, 6.07) is 0. The van der Waals surface area contributed by atoms with Crippen LogP contribution >= 0.6 is 11.3 Å². The Morgan fingerprint density at radius 1 is 1.40 bits per heavy atom. The molecule has 106 valence electrons. The Labute approximate surface area is 121 Å². The summed E-state index contributed by atoms with van der Waals surface area (Å²) in [7, 11) is 0. The van der Waals surface area contributed by atoms with Crippen molar-refractivity contribution in [2.45, 2.75) is 27.3 Å². The van der Waals surface area contributed by atoms with Crippen molar-refractivity contribution in [2.24, 2.45) is 0 Å². The van der Waals surface area contributed by atoms with Crippen molar-refractivity contribution in [3.8, 4) is 0 Å². The number of nitrogens with zero attached hydrogens (tertiary/aromatic N) is 3. The first kappa shape index (κ1) is 14.4. The van der Waals surface area contributed by atoms with Gasteiger partial charge in [-0.15, -0.1) is 11.3 Å². The lowest BCUT2D eigenvalue weighted by Crippen LogP contribution is -2.13. The maximum absolute atomic E-state index is 11.8. The number of aromatic nitrogens is 3. The maximum Gasteiger partial charge on any atom is 0.343 e. The van der Waals surface area contributed by atoms with Gasteiger partial charge in [0.25, 0.3) is 0 Å². The first-order valence-electron chi connectivity index (χ1n) is 6.25. The second-order valence-corrected chi connectivity index (χ2v) is 5.17. The second-order valence-electron chi connectivity index (χ2n) is 4.11. The predicted octanol–water partition coefficient (Wildman–Crippen LogP) is 2.34. The van der Waals surface area contributed by atoms with Gasteiger partial charge in [0.1, 0.15) is 17.2 Å². The summed E-state index contributed by atoms with van der Waals surface area (Å²) in [6.45, 7) is 6.31. The molecule has 20 heavy (non-hydrogen) atoms. The Morgan fingerprint density at radius 3 is 2.85 bits per heavy atom. The van der Waals surface area contributed by atoms with E-state index in [0.29, 0.717) is 30.4 Å². The number of hydrogen-bond acceptors (Lipinski definition) is 7. The number of ether oxygens (including phenoxy) is 1. The zero-order chi connectivity index (χ0) is 14.5. The summed E-state index contributed by atoms with van der Waals surface area (Å²) in [5.41, 5.74) is 1.25. The molecule has 0 spiro atoms. The van der Waals surface area contributed by atoms with Crippen molar-refractivity contribution in [3.63, 3.8) is 0 Å². The standard InChI is InChI=1S/C13H16N4O2S/c1-4-19-13(18)11-6-14-8(2)16-12(11)15-5-10-7-20-9(3)17-10/h6-7H,4-5H2,1-3H3,(H,14,15,16). The lowest BCUT2D eigenvalue weighted by atomic mass is 10.3. The van der Waals surface area contributed by atoms with Crippen molar-refractivity contribution < 1.29 is 9.53 Å². The van der Waals surface area contributed by atoms with E-state index >= 15 is 0 Å². The molecule has 6 nitrogen and oxygen atoms in total. The molecule has 2 aromatic heterocycles. The summed E-state index contributed by atoms with van der Waals surface area (Å²) in [6.07, 6.45) is 1.48. The van der Waals surface area contributed by atoms with Crippen LogP contribution in [0.1, 0.15) is 33.8 Å². The van der Waals surface area contributed by atoms with Gasteiger partial charge in [0.2, 0.25) is 0 Å². The van der Waals surface area contributed by atoms with Crippen LogP contribution in [0, 0.1) is 13.8 Å². The fourth-order valence-electron chi connectivity index (χ4n) is 1.63.